The highest BCUT2D eigenvalue weighted by Crippen LogP contribution is 2.35. The van der Waals surface area contributed by atoms with Gasteiger partial charge in [-0.3, -0.25) is 0 Å². The first-order valence-corrected chi connectivity index (χ1v) is 7.44. The predicted molar refractivity (Wildman–Crippen MR) is 82.9 cm³/mol. The lowest BCUT2D eigenvalue weighted by atomic mass is 9.98. The smallest absolute Gasteiger partial charge is 0.343 e. The number of allylic oxidation sites excluding steroid dienone is 3. The molecule has 0 radical (unpaired) electrons. The molecule has 25 heavy (non-hydrogen) atoms. The third-order valence-corrected chi connectivity index (χ3v) is 3.86. The Hall–Kier alpha value is -2.87. The molecular weight excluding hydrogens is 336 g/mol. The number of halogens is 4. The minimum atomic E-state index is -4.73. The monoisotopic (exact) mass is 350 g/mol. The van der Waals surface area contributed by atoms with Gasteiger partial charge in [0.25, 0.3) is 0 Å². The summed E-state index contributed by atoms with van der Waals surface area (Å²) in [6.45, 7) is 4.09. The Morgan fingerprint density at radius 1 is 1.40 bits per heavy atom. The minimum Gasteiger partial charge on any atom is -0.343 e. The van der Waals surface area contributed by atoms with Gasteiger partial charge in [-0.15, -0.1) is 0 Å². The molecule has 130 valence electrons. The van der Waals surface area contributed by atoms with Crippen molar-refractivity contribution in [2.75, 3.05) is 11.4 Å². The molecule has 1 aliphatic heterocycles. The van der Waals surface area contributed by atoms with Crippen molar-refractivity contribution in [2.45, 2.75) is 31.6 Å². The lowest BCUT2D eigenvalue weighted by Gasteiger charge is -2.33. The number of pyridine rings is 1. The Morgan fingerprint density at radius 2 is 2.12 bits per heavy atom. The van der Waals surface area contributed by atoms with Gasteiger partial charge >= 0.3 is 6.18 Å². The van der Waals surface area contributed by atoms with Gasteiger partial charge in [0.15, 0.2) is 11.9 Å². The summed E-state index contributed by atoms with van der Waals surface area (Å²) in [4.78, 5) is 4.98. The van der Waals surface area contributed by atoms with E-state index < -0.39 is 23.6 Å². The molecule has 2 heterocycles. The van der Waals surface area contributed by atoms with Gasteiger partial charge in [-0.1, -0.05) is 12.7 Å². The number of rotatable bonds is 4. The molecule has 8 heteroatoms. The van der Waals surface area contributed by atoms with Gasteiger partial charge in [-0.2, -0.15) is 23.7 Å². The third kappa shape index (κ3) is 3.97. The lowest BCUT2D eigenvalue weighted by Crippen LogP contribution is -2.30. The zero-order valence-electron chi connectivity index (χ0n) is 13.1. The zero-order valence-corrected chi connectivity index (χ0v) is 13.1. The molecule has 1 unspecified atom stereocenters. The van der Waals surface area contributed by atoms with E-state index in [1.54, 1.807) is 11.0 Å². The van der Waals surface area contributed by atoms with Crippen LogP contribution in [0.2, 0.25) is 0 Å². The summed E-state index contributed by atoms with van der Waals surface area (Å²) in [5.41, 5.74) is -0.412. The standard InChI is InChI=1S/C17H14F4N4/c1-2-11-4-3-5-25(15(11)7-13(18)9-23)14-6-12(8-22)16(24-10-14)17(19,20)21/h2,6,10,13H,1,3-5,7H2. The van der Waals surface area contributed by atoms with Crippen molar-refractivity contribution in [2.24, 2.45) is 0 Å². The summed E-state index contributed by atoms with van der Waals surface area (Å²) in [6.07, 6.45) is -2.82. The molecule has 0 spiro atoms. The van der Waals surface area contributed by atoms with Gasteiger partial charge in [0, 0.05) is 18.7 Å². The van der Waals surface area contributed by atoms with E-state index in [9.17, 15) is 17.6 Å². The number of anilines is 1. The van der Waals surface area contributed by atoms with E-state index in [2.05, 4.69) is 11.6 Å². The molecule has 0 saturated heterocycles. The first-order chi connectivity index (χ1) is 11.8. The summed E-state index contributed by atoms with van der Waals surface area (Å²) < 4.78 is 52.3. The highest BCUT2D eigenvalue weighted by molar-refractivity contribution is 5.58. The van der Waals surface area contributed by atoms with Crippen LogP contribution in [0.1, 0.15) is 30.5 Å². The molecule has 1 aromatic heterocycles. The predicted octanol–water partition coefficient (Wildman–Crippen LogP) is 4.26. The maximum Gasteiger partial charge on any atom is 0.434 e. The molecule has 4 nitrogen and oxygen atoms in total. The number of hydrogen-bond acceptors (Lipinski definition) is 4. The van der Waals surface area contributed by atoms with Gasteiger partial charge in [0.1, 0.15) is 12.1 Å². The van der Waals surface area contributed by atoms with Crippen LogP contribution in [0.15, 0.2) is 36.2 Å². The van der Waals surface area contributed by atoms with Crippen LogP contribution in [0.4, 0.5) is 23.2 Å². The summed E-state index contributed by atoms with van der Waals surface area (Å²) in [7, 11) is 0. The van der Waals surface area contributed by atoms with Gasteiger partial charge in [0.2, 0.25) is 0 Å². The molecular formula is C17H14F4N4. The Labute approximate surface area is 142 Å². The number of aromatic nitrogens is 1. The van der Waals surface area contributed by atoms with Crippen molar-refractivity contribution in [3.8, 4) is 12.1 Å². The van der Waals surface area contributed by atoms with Gasteiger partial charge in [-0.25, -0.2) is 9.37 Å². The molecule has 0 aromatic carbocycles. The fraction of sp³-hybridized carbons (Fsp3) is 0.353. The molecule has 0 saturated carbocycles. The van der Waals surface area contributed by atoms with Crippen molar-refractivity contribution in [3.05, 3.63) is 47.4 Å². The average Bonchev–Trinajstić information content (AvgIpc) is 2.60. The number of nitrogens with zero attached hydrogens (tertiary/aromatic N) is 4. The van der Waals surface area contributed by atoms with Gasteiger partial charge in [-0.05, 0) is 24.5 Å². The summed E-state index contributed by atoms with van der Waals surface area (Å²) in [5.74, 6) is 0. The fourth-order valence-corrected chi connectivity index (χ4v) is 2.75. The SMILES string of the molecule is C=CC1=C(CC(F)C#N)N(c2cnc(C(F)(F)F)c(C#N)c2)CCC1. The molecule has 1 atom stereocenters. The molecule has 0 aliphatic carbocycles. The lowest BCUT2D eigenvalue weighted by molar-refractivity contribution is -0.141. The minimum absolute atomic E-state index is 0.208. The second-order valence-corrected chi connectivity index (χ2v) is 5.43. The second kappa shape index (κ2) is 7.35. The van der Waals surface area contributed by atoms with Crippen LogP contribution in [0.3, 0.4) is 0 Å². The Balaban J connectivity index is 2.50. The van der Waals surface area contributed by atoms with E-state index in [0.29, 0.717) is 25.1 Å². The van der Waals surface area contributed by atoms with E-state index in [-0.39, 0.29) is 12.1 Å². The van der Waals surface area contributed by atoms with E-state index in [1.807, 2.05) is 0 Å². The first kappa shape index (κ1) is 18.5. The molecule has 0 bridgehead atoms. The first-order valence-electron chi connectivity index (χ1n) is 7.44. The molecule has 1 aromatic rings. The molecule has 0 N–H and O–H groups in total. The Bertz CT molecular complexity index is 783. The number of hydrogen-bond donors (Lipinski definition) is 0. The molecule has 1 aliphatic rings. The molecule has 2 rings (SSSR count). The van der Waals surface area contributed by atoms with Crippen molar-refractivity contribution in [1.82, 2.24) is 4.98 Å². The third-order valence-electron chi connectivity index (χ3n) is 3.86. The van der Waals surface area contributed by atoms with Crippen molar-refractivity contribution in [3.63, 3.8) is 0 Å². The number of nitriles is 2. The summed E-state index contributed by atoms with van der Waals surface area (Å²) in [5, 5.41) is 17.7. The van der Waals surface area contributed by atoms with Crippen molar-refractivity contribution < 1.29 is 17.6 Å². The Morgan fingerprint density at radius 3 is 2.68 bits per heavy atom. The van der Waals surface area contributed by atoms with Crippen LogP contribution in [0.5, 0.6) is 0 Å². The molecule has 0 amide bonds. The highest BCUT2D eigenvalue weighted by atomic mass is 19.4. The van der Waals surface area contributed by atoms with Gasteiger partial charge < -0.3 is 4.90 Å². The fourth-order valence-electron chi connectivity index (χ4n) is 2.75. The van der Waals surface area contributed by atoms with Crippen LogP contribution in [-0.2, 0) is 6.18 Å². The van der Waals surface area contributed by atoms with Crippen LogP contribution in [0.25, 0.3) is 0 Å². The van der Waals surface area contributed by atoms with E-state index >= 15 is 0 Å². The zero-order chi connectivity index (χ0) is 18.6. The molecule has 0 fully saturated rings. The van der Waals surface area contributed by atoms with E-state index in [0.717, 1.165) is 17.8 Å². The average molecular weight is 350 g/mol. The summed E-state index contributed by atoms with van der Waals surface area (Å²) in [6, 6.07) is 4.09. The van der Waals surface area contributed by atoms with E-state index in [1.165, 1.54) is 12.1 Å². The Kier molecular flexibility index (Phi) is 5.43. The number of alkyl halides is 4. The van der Waals surface area contributed by atoms with Crippen LogP contribution < -0.4 is 4.90 Å². The van der Waals surface area contributed by atoms with Crippen LogP contribution in [0, 0.1) is 22.7 Å². The van der Waals surface area contributed by atoms with E-state index in [4.69, 9.17) is 10.5 Å². The maximum absolute atomic E-state index is 13.6. The van der Waals surface area contributed by atoms with Crippen molar-refractivity contribution in [1.29, 1.82) is 10.5 Å². The topological polar surface area (TPSA) is 63.7 Å². The summed E-state index contributed by atoms with van der Waals surface area (Å²) >= 11 is 0. The largest absolute Gasteiger partial charge is 0.434 e. The van der Waals surface area contributed by atoms with Crippen LogP contribution in [-0.4, -0.2) is 17.7 Å². The maximum atomic E-state index is 13.6. The quantitative estimate of drug-likeness (QED) is 0.761. The highest BCUT2D eigenvalue weighted by Gasteiger charge is 2.36. The normalized spacial score (nSPS) is 16.2. The van der Waals surface area contributed by atoms with Crippen molar-refractivity contribution >= 4 is 5.69 Å². The second-order valence-electron chi connectivity index (χ2n) is 5.43. The van der Waals surface area contributed by atoms with Crippen LogP contribution >= 0.6 is 0 Å². The van der Waals surface area contributed by atoms with Gasteiger partial charge in [0.05, 0.1) is 17.4 Å².